The van der Waals surface area contributed by atoms with Crippen molar-refractivity contribution in [1.82, 2.24) is 0 Å². The Bertz CT molecular complexity index is 75.9. The Morgan fingerprint density at radius 2 is 1.44 bits per heavy atom. The van der Waals surface area contributed by atoms with Gasteiger partial charge in [0.1, 0.15) is 0 Å². The van der Waals surface area contributed by atoms with Crippen molar-refractivity contribution in [3.8, 4) is 0 Å². The fourth-order valence-corrected chi connectivity index (χ4v) is 0.322. The van der Waals surface area contributed by atoms with Crippen LogP contribution in [0.2, 0.25) is 0 Å². The Hall–Kier alpha value is -0.670. The molecule has 0 rings (SSSR count). The fraction of sp³-hybridized carbons (Fsp3) is 1.00. The Morgan fingerprint density at radius 3 is 1.78 bits per heavy atom. The van der Waals surface area contributed by atoms with Gasteiger partial charge in [-0.2, -0.15) is 0 Å². The van der Waals surface area contributed by atoms with Gasteiger partial charge < -0.3 is 0 Å². The summed E-state index contributed by atoms with van der Waals surface area (Å²) < 4.78 is 27.6. The summed E-state index contributed by atoms with van der Waals surface area (Å²) in [6, 6.07) is 0. The molecule has 0 saturated carbocycles. The summed E-state index contributed by atoms with van der Waals surface area (Å²) in [5.74, 6) is 0. The molecule has 0 aromatic rings. The van der Waals surface area contributed by atoms with Gasteiger partial charge in [0.15, 0.2) is 0 Å². The van der Waals surface area contributed by atoms with Gasteiger partial charge in [-0.25, -0.2) is 0 Å². The average molecular weight is 128 g/mol. The van der Waals surface area contributed by atoms with Crippen molar-refractivity contribution in [1.29, 1.82) is 0 Å². The van der Waals surface area contributed by atoms with E-state index in [1.54, 1.807) is 0 Å². The van der Waals surface area contributed by atoms with Gasteiger partial charge in [0, 0.05) is 0 Å². The van der Waals surface area contributed by atoms with E-state index < -0.39 is 0 Å². The van der Waals surface area contributed by atoms with Crippen LogP contribution in [0.3, 0.4) is 0 Å². The summed E-state index contributed by atoms with van der Waals surface area (Å²) in [5, 5.41) is 0. The van der Waals surface area contributed by atoms with Gasteiger partial charge in [-0.05, 0) is 0 Å². The van der Waals surface area contributed by atoms with Crippen LogP contribution in [-0.4, -0.2) is 27.9 Å². The predicted molar refractivity (Wildman–Crippen MR) is 29.4 cm³/mol. The fourth-order valence-electron chi connectivity index (χ4n) is 0.322. The Kier molecular flexibility index (Phi) is 6.78. The van der Waals surface area contributed by atoms with Crippen LogP contribution in [0.1, 0.15) is 6.42 Å². The SMILES string of the molecule is O=BOCCCOB=O. The summed E-state index contributed by atoms with van der Waals surface area (Å²) >= 11 is 0. The molecule has 0 amide bonds. The Morgan fingerprint density at radius 1 is 1.00 bits per heavy atom. The van der Waals surface area contributed by atoms with Gasteiger partial charge in [0.25, 0.3) is 0 Å². The second-order valence-corrected chi connectivity index (χ2v) is 1.29. The molecule has 0 aromatic heterocycles. The van der Waals surface area contributed by atoms with Crippen molar-refractivity contribution >= 4 is 14.7 Å². The molecule has 0 aliphatic rings. The molecular weight excluding hydrogens is 122 g/mol. The average Bonchev–Trinajstić information content (AvgIpc) is 1.89. The maximum atomic E-state index is 9.50. The maximum absolute atomic E-state index is 9.50. The third-order valence-electron chi connectivity index (χ3n) is 0.660. The number of hydrogen-bond acceptors (Lipinski definition) is 4. The van der Waals surface area contributed by atoms with Crippen LogP contribution in [0.4, 0.5) is 0 Å². The molecule has 48 valence electrons. The van der Waals surface area contributed by atoms with Crippen LogP contribution < -0.4 is 0 Å². The van der Waals surface area contributed by atoms with Crippen molar-refractivity contribution < 1.29 is 18.7 Å². The van der Waals surface area contributed by atoms with Crippen molar-refractivity contribution in [2.75, 3.05) is 13.2 Å². The first-order valence-electron chi connectivity index (χ1n) is 2.52. The summed E-state index contributed by atoms with van der Waals surface area (Å²) in [6.45, 7) is 0.606. The number of hydrogen-bond donors (Lipinski definition) is 0. The van der Waals surface area contributed by atoms with E-state index in [0.29, 0.717) is 34.3 Å². The van der Waals surface area contributed by atoms with E-state index in [0.717, 1.165) is 0 Å². The molecule has 0 fully saturated rings. The van der Waals surface area contributed by atoms with E-state index in [4.69, 9.17) is 0 Å². The van der Waals surface area contributed by atoms with E-state index in [-0.39, 0.29) is 0 Å². The zero-order valence-corrected chi connectivity index (χ0v) is 4.91. The van der Waals surface area contributed by atoms with Gasteiger partial charge in [-0.3, -0.25) is 0 Å². The second kappa shape index (κ2) is 7.33. The van der Waals surface area contributed by atoms with Crippen LogP contribution in [0.5, 0.6) is 0 Å². The third-order valence-corrected chi connectivity index (χ3v) is 0.660. The molecule has 0 saturated heterocycles. The van der Waals surface area contributed by atoms with E-state index in [2.05, 4.69) is 9.31 Å². The molecule has 6 heteroatoms. The monoisotopic (exact) mass is 128 g/mol. The van der Waals surface area contributed by atoms with E-state index in [1.165, 1.54) is 0 Å². The molecule has 9 heavy (non-hydrogen) atoms. The van der Waals surface area contributed by atoms with Crippen molar-refractivity contribution in [3.05, 3.63) is 0 Å². The van der Waals surface area contributed by atoms with Gasteiger partial charge in [-0.15, -0.1) is 0 Å². The zero-order chi connectivity index (χ0) is 6.95. The van der Waals surface area contributed by atoms with E-state index in [1.807, 2.05) is 0 Å². The minimum atomic E-state index is 0.303. The molecule has 0 radical (unpaired) electrons. The number of rotatable bonds is 6. The topological polar surface area (TPSA) is 52.6 Å². The summed E-state index contributed by atoms with van der Waals surface area (Å²) in [7, 11) is 0.724. The molecule has 0 unspecified atom stereocenters. The second-order valence-electron chi connectivity index (χ2n) is 1.29. The summed E-state index contributed by atoms with van der Waals surface area (Å²) in [5.41, 5.74) is 0. The van der Waals surface area contributed by atoms with Gasteiger partial charge in [-0.1, -0.05) is 0 Å². The summed E-state index contributed by atoms with van der Waals surface area (Å²) in [6.07, 6.45) is 0.553. The van der Waals surface area contributed by atoms with E-state index >= 15 is 0 Å². The van der Waals surface area contributed by atoms with Crippen LogP contribution in [0.25, 0.3) is 0 Å². The third kappa shape index (κ3) is 7.33. The van der Waals surface area contributed by atoms with Gasteiger partial charge >= 0.3 is 53.1 Å². The van der Waals surface area contributed by atoms with Gasteiger partial charge in [0.2, 0.25) is 0 Å². The molecular formula is C3H6B2O4. The van der Waals surface area contributed by atoms with E-state index in [9.17, 15) is 9.41 Å². The first kappa shape index (κ1) is 8.33. The Balaban J connectivity index is 2.74. The van der Waals surface area contributed by atoms with Crippen LogP contribution in [0, 0.1) is 0 Å². The van der Waals surface area contributed by atoms with Gasteiger partial charge in [0.05, 0.1) is 0 Å². The first-order valence-corrected chi connectivity index (χ1v) is 2.52. The molecule has 0 spiro atoms. The summed E-state index contributed by atoms with van der Waals surface area (Å²) in [4.78, 5) is 0. The molecule has 0 bridgehead atoms. The van der Waals surface area contributed by atoms with Crippen molar-refractivity contribution in [2.24, 2.45) is 0 Å². The van der Waals surface area contributed by atoms with Crippen LogP contribution >= 0.6 is 0 Å². The Labute approximate surface area is 54.1 Å². The molecule has 0 heterocycles. The molecule has 0 atom stereocenters. The molecule has 0 aliphatic carbocycles. The first-order chi connectivity index (χ1) is 4.41. The van der Waals surface area contributed by atoms with Crippen LogP contribution in [-0.2, 0) is 18.7 Å². The quantitative estimate of drug-likeness (QED) is 0.351. The predicted octanol–water partition coefficient (Wildman–Crippen LogP) is -0.661. The normalized spacial score (nSPS) is 7.11. The molecule has 0 aromatic carbocycles. The van der Waals surface area contributed by atoms with Crippen molar-refractivity contribution in [2.45, 2.75) is 6.42 Å². The molecule has 0 N–H and O–H groups in total. The zero-order valence-electron chi connectivity index (χ0n) is 4.91. The van der Waals surface area contributed by atoms with Crippen LogP contribution in [0.15, 0.2) is 0 Å². The standard InChI is InChI=1S/C3H6B2O4/c6-4-8-2-1-3-9-5-7/h1-3H2. The molecule has 4 nitrogen and oxygen atoms in total. The van der Waals surface area contributed by atoms with Crippen molar-refractivity contribution in [3.63, 3.8) is 0 Å². The molecule has 0 aliphatic heterocycles. The minimum absolute atomic E-state index is 0.303.